The molecule has 0 aliphatic carbocycles. The minimum atomic E-state index is -0.890. The van der Waals surface area contributed by atoms with Crippen molar-refractivity contribution >= 4 is 17.9 Å². The van der Waals surface area contributed by atoms with E-state index >= 15 is 0 Å². The van der Waals surface area contributed by atoms with E-state index in [1.54, 1.807) is 51.4 Å². The molecule has 0 radical (unpaired) electrons. The van der Waals surface area contributed by atoms with Gasteiger partial charge in [0.05, 0.1) is 31.3 Å². The molecule has 1 saturated heterocycles. The average Bonchev–Trinajstić information content (AvgIpc) is 3.48. The Balaban J connectivity index is 1.85. The third-order valence-electron chi connectivity index (χ3n) is 9.54. The highest BCUT2D eigenvalue weighted by molar-refractivity contribution is 5.83. The number of hydrogen-bond acceptors (Lipinski definition) is 9. The summed E-state index contributed by atoms with van der Waals surface area (Å²) in [6.45, 7) is 13.1. The zero-order chi connectivity index (χ0) is 36.8. The van der Waals surface area contributed by atoms with E-state index in [4.69, 9.17) is 29.4 Å². The number of pyridine rings is 1. The maximum absolute atomic E-state index is 13.6. The SMILES string of the molecule is COCCCOc1cc(C[C@@H](C[C@H]2[C@H](C[C@H](C(=O)NCC(C)(C)C(N)=O)C(C)C)OCN2C(=O)OCc2cccnc2)C(C)C)ccc1OC. The van der Waals surface area contributed by atoms with Gasteiger partial charge in [0.1, 0.15) is 13.3 Å². The van der Waals surface area contributed by atoms with Gasteiger partial charge in [0, 0.05) is 50.6 Å². The summed E-state index contributed by atoms with van der Waals surface area (Å²) < 4.78 is 28.8. The second kappa shape index (κ2) is 19.5. The standard InChI is InChI=1S/C38H58N4O8/c1-25(2)29(17-27-12-13-32(47-8)34(18-27)48-16-10-15-46-7)19-31-33(20-30(26(3)4)35(43)41-23-38(5,6)36(39)44)50-24-42(31)37(45)49-22-28-11-9-14-40-21-28/h9,11-14,18,21,25-26,29-31,33H,10,15-17,19-20,22-24H2,1-8H3,(H2,39,44)(H,41,43)/t29-,30-,31-,33-/m0/s1. The van der Waals surface area contributed by atoms with Crippen molar-refractivity contribution in [3.05, 3.63) is 53.9 Å². The summed E-state index contributed by atoms with van der Waals surface area (Å²) >= 11 is 0. The van der Waals surface area contributed by atoms with Gasteiger partial charge in [0.2, 0.25) is 11.8 Å². The van der Waals surface area contributed by atoms with E-state index in [0.717, 1.165) is 24.0 Å². The molecule has 50 heavy (non-hydrogen) atoms. The predicted octanol–water partition coefficient (Wildman–Crippen LogP) is 5.36. The molecular formula is C38H58N4O8. The van der Waals surface area contributed by atoms with Gasteiger partial charge in [-0.3, -0.25) is 19.5 Å². The highest BCUT2D eigenvalue weighted by atomic mass is 16.6. The first-order valence-corrected chi connectivity index (χ1v) is 17.6. The van der Waals surface area contributed by atoms with Crippen LogP contribution in [0, 0.1) is 29.1 Å². The molecule has 1 aliphatic rings. The Morgan fingerprint density at radius 1 is 1.04 bits per heavy atom. The average molecular weight is 699 g/mol. The number of rotatable bonds is 20. The zero-order valence-electron chi connectivity index (χ0n) is 31.1. The van der Waals surface area contributed by atoms with Gasteiger partial charge in [-0.15, -0.1) is 0 Å². The molecule has 12 nitrogen and oxygen atoms in total. The topological polar surface area (TPSA) is 152 Å². The third kappa shape index (κ3) is 11.9. The number of amides is 3. The molecule has 0 saturated carbocycles. The second-order valence-electron chi connectivity index (χ2n) is 14.5. The molecule has 3 amide bonds. The molecule has 278 valence electrons. The van der Waals surface area contributed by atoms with Gasteiger partial charge in [0.25, 0.3) is 0 Å². The first-order valence-electron chi connectivity index (χ1n) is 17.6. The van der Waals surface area contributed by atoms with Crippen LogP contribution in [0.15, 0.2) is 42.7 Å². The van der Waals surface area contributed by atoms with Gasteiger partial charge in [-0.1, -0.05) is 39.8 Å². The quantitative estimate of drug-likeness (QED) is 0.174. The van der Waals surface area contributed by atoms with Crippen LogP contribution in [0.25, 0.3) is 0 Å². The highest BCUT2D eigenvalue weighted by Gasteiger charge is 2.43. The van der Waals surface area contributed by atoms with Crippen molar-refractivity contribution in [2.24, 2.45) is 34.8 Å². The van der Waals surface area contributed by atoms with Crippen molar-refractivity contribution in [2.75, 3.05) is 40.7 Å². The van der Waals surface area contributed by atoms with E-state index in [2.05, 4.69) is 24.1 Å². The molecule has 0 bridgehead atoms. The maximum Gasteiger partial charge on any atom is 0.412 e. The summed E-state index contributed by atoms with van der Waals surface area (Å²) in [6.07, 6.45) is 4.95. The first-order chi connectivity index (χ1) is 23.8. The van der Waals surface area contributed by atoms with Crippen molar-refractivity contribution < 1.29 is 38.1 Å². The first kappa shape index (κ1) is 40.5. The number of methoxy groups -OCH3 is 2. The number of nitrogens with one attached hydrogen (secondary N) is 1. The summed E-state index contributed by atoms with van der Waals surface area (Å²) in [5.74, 6) is 0.645. The summed E-state index contributed by atoms with van der Waals surface area (Å²) in [6, 6.07) is 9.30. The molecule has 2 heterocycles. The van der Waals surface area contributed by atoms with Crippen LogP contribution in [0.5, 0.6) is 11.5 Å². The largest absolute Gasteiger partial charge is 0.493 e. The van der Waals surface area contributed by atoms with Crippen LogP contribution in [-0.4, -0.2) is 80.6 Å². The van der Waals surface area contributed by atoms with Gasteiger partial charge in [-0.05, 0) is 74.6 Å². The Hall–Kier alpha value is -3.90. The van der Waals surface area contributed by atoms with E-state index in [9.17, 15) is 14.4 Å². The van der Waals surface area contributed by atoms with Gasteiger partial charge >= 0.3 is 6.09 Å². The molecule has 12 heteroatoms. The number of aromatic nitrogens is 1. The van der Waals surface area contributed by atoms with Crippen LogP contribution in [0.4, 0.5) is 4.79 Å². The number of hydrogen-bond donors (Lipinski definition) is 2. The molecule has 1 aromatic carbocycles. The molecule has 0 spiro atoms. The third-order valence-corrected chi connectivity index (χ3v) is 9.54. The highest BCUT2D eigenvalue weighted by Crippen LogP contribution is 2.36. The number of ether oxygens (including phenoxy) is 5. The normalized spacial score (nSPS) is 17.4. The Morgan fingerprint density at radius 3 is 2.42 bits per heavy atom. The molecule has 1 aromatic heterocycles. The van der Waals surface area contributed by atoms with Crippen LogP contribution < -0.4 is 20.5 Å². The second-order valence-corrected chi connectivity index (χ2v) is 14.5. The number of primary amides is 1. The molecule has 4 atom stereocenters. The van der Waals surface area contributed by atoms with Crippen LogP contribution >= 0.6 is 0 Å². The molecule has 1 fully saturated rings. The van der Waals surface area contributed by atoms with E-state index in [0.29, 0.717) is 37.6 Å². The summed E-state index contributed by atoms with van der Waals surface area (Å²) in [5, 5.41) is 2.94. The summed E-state index contributed by atoms with van der Waals surface area (Å²) in [4.78, 5) is 44.8. The summed E-state index contributed by atoms with van der Waals surface area (Å²) in [7, 11) is 3.29. The van der Waals surface area contributed by atoms with Gasteiger partial charge in [-0.2, -0.15) is 0 Å². The predicted molar refractivity (Wildman–Crippen MR) is 190 cm³/mol. The maximum atomic E-state index is 13.6. The fraction of sp³-hybridized carbons (Fsp3) is 0.632. The lowest BCUT2D eigenvalue weighted by Gasteiger charge is -2.33. The number of nitrogens with two attached hydrogens (primary N) is 1. The van der Waals surface area contributed by atoms with Gasteiger partial charge in [0.15, 0.2) is 11.5 Å². The molecule has 3 rings (SSSR count). The van der Waals surface area contributed by atoms with Crippen molar-refractivity contribution in [3.63, 3.8) is 0 Å². The Kier molecular flexibility index (Phi) is 15.8. The van der Waals surface area contributed by atoms with E-state index in [-0.39, 0.29) is 49.6 Å². The van der Waals surface area contributed by atoms with Crippen molar-refractivity contribution in [2.45, 2.75) is 86.0 Å². The van der Waals surface area contributed by atoms with Crippen molar-refractivity contribution in [3.8, 4) is 11.5 Å². The minimum absolute atomic E-state index is 0.0231. The van der Waals surface area contributed by atoms with Crippen molar-refractivity contribution in [1.29, 1.82) is 0 Å². The lowest BCUT2D eigenvalue weighted by Crippen LogP contribution is -2.46. The Bertz CT molecular complexity index is 1370. The van der Waals surface area contributed by atoms with E-state index in [1.807, 2.05) is 38.1 Å². The summed E-state index contributed by atoms with van der Waals surface area (Å²) in [5.41, 5.74) is 6.53. The molecule has 2 aromatic rings. The van der Waals surface area contributed by atoms with Crippen LogP contribution in [0.1, 0.15) is 71.9 Å². The molecule has 0 unspecified atom stereocenters. The monoisotopic (exact) mass is 698 g/mol. The molecule has 1 aliphatic heterocycles. The van der Waals surface area contributed by atoms with Gasteiger partial charge in [-0.25, -0.2) is 4.79 Å². The van der Waals surface area contributed by atoms with Gasteiger partial charge < -0.3 is 34.7 Å². The smallest absolute Gasteiger partial charge is 0.412 e. The number of carbonyl (C=O) groups is 3. The number of carbonyl (C=O) groups excluding carboxylic acids is 3. The minimum Gasteiger partial charge on any atom is -0.493 e. The van der Waals surface area contributed by atoms with Crippen LogP contribution in [-0.2, 0) is 36.8 Å². The lowest BCUT2D eigenvalue weighted by atomic mass is 9.80. The Labute approximate surface area is 297 Å². The van der Waals surface area contributed by atoms with Crippen LogP contribution in [0.3, 0.4) is 0 Å². The number of nitrogens with zero attached hydrogens (tertiary/aromatic N) is 2. The molecular weight excluding hydrogens is 640 g/mol. The fourth-order valence-corrected chi connectivity index (χ4v) is 6.00. The zero-order valence-corrected chi connectivity index (χ0v) is 31.1. The van der Waals surface area contributed by atoms with E-state index < -0.39 is 29.4 Å². The van der Waals surface area contributed by atoms with E-state index in [1.165, 1.54) is 0 Å². The Morgan fingerprint density at radius 2 is 1.80 bits per heavy atom. The fourth-order valence-electron chi connectivity index (χ4n) is 6.00. The lowest BCUT2D eigenvalue weighted by molar-refractivity contribution is -0.130. The van der Waals surface area contributed by atoms with Crippen LogP contribution in [0.2, 0.25) is 0 Å². The van der Waals surface area contributed by atoms with Crippen molar-refractivity contribution in [1.82, 2.24) is 15.2 Å². The molecule has 3 N–H and O–H groups in total. The number of benzene rings is 1.